The minimum Gasteiger partial charge on any atom is -0.481 e. The third-order valence-corrected chi connectivity index (χ3v) is 8.73. The summed E-state index contributed by atoms with van der Waals surface area (Å²) in [5.74, 6) is -2.31. The van der Waals surface area contributed by atoms with Crippen molar-refractivity contribution in [2.75, 3.05) is 5.32 Å². The lowest BCUT2D eigenvalue weighted by atomic mass is 9.51. The van der Waals surface area contributed by atoms with Gasteiger partial charge in [0.1, 0.15) is 0 Å². The molecular formula is C25H26Cl2N2O3. The molecule has 2 aliphatic carbocycles. The summed E-state index contributed by atoms with van der Waals surface area (Å²) < 4.78 is 0. The largest absolute Gasteiger partial charge is 0.481 e. The van der Waals surface area contributed by atoms with E-state index in [0.717, 1.165) is 31.2 Å². The summed E-state index contributed by atoms with van der Waals surface area (Å²) in [5, 5.41) is 14.4. The SMILES string of the molecule is CC1(C)CCC2(CC1)C[C@@H](C(=O)O)[C@H](c1cncc(Cl)c1)[C@]21C(=O)Nc2cc(Cl)ccc21. The van der Waals surface area contributed by atoms with Gasteiger partial charge < -0.3 is 10.4 Å². The topological polar surface area (TPSA) is 79.3 Å². The summed E-state index contributed by atoms with van der Waals surface area (Å²) in [4.78, 5) is 30.9. The van der Waals surface area contributed by atoms with E-state index in [1.165, 1.54) is 6.20 Å². The fraction of sp³-hybridized carbons (Fsp3) is 0.480. The van der Waals surface area contributed by atoms with E-state index >= 15 is 0 Å². The highest BCUT2D eigenvalue weighted by atomic mass is 35.5. The molecule has 1 amide bonds. The zero-order valence-electron chi connectivity index (χ0n) is 18.1. The highest BCUT2D eigenvalue weighted by Crippen LogP contribution is 2.72. The van der Waals surface area contributed by atoms with Gasteiger partial charge in [-0.3, -0.25) is 14.6 Å². The van der Waals surface area contributed by atoms with Crippen molar-refractivity contribution in [1.82, 2.24) is 4.98 Å². The van der Waals surface area contributed by atoms with Crippen LogP contribution in [0.2, 0.25) is 10.0 Å². The van der Waals surface area contributed by atoms with E-state index in [2.05, 4.69) is 24.1 Å². The molecule has 0 unspecified atom stereocenters. The summed E-state index contributed by atoms with van der Waals surface area (Å²) in [6.07, 6.45) is 7.12. The van der Waals surface area contributed by atoms with E-state index in [1.54, 1.807) is 24.4 Å². The predicted octanol–water partition coefficient (Wildman–Crippen LogP) is 6.05. The lowest BCUT2D eigenvalue weighted by Crippen LogP contribution is -2.52. The van der Waals surface area contributed by atoms with Crippen LogP contribution in [0.15, 0.2) is 36.7 Å². The highest BCUT2D eigenvalue weighted by Gasteiger charge is 2.72. The Kier molecular flexibility index (Phi) is 4.88. The van der Waals surface area contributed by atoms with Gasteiger partial charge in [0.2, 0.25) is 5.91 Å². The maximum atomic E-state index is 14.0. The second-order valence-corrected chi connectivity index (χ2v) is 11.3. The van der Waals surface area contributed by atoms with E-state index in [1.807, 2.05) is 6.07 Å². The molecule has 0 saturated heterocycles. The molecule has 2 saturated carbocycles. The Bertz CT molecular complexity index is 1120. The molecule has 7 heteroatoms. The molecule has 2 N–H and O–H groups in total. The van der Waals surface area contributed by atoms with Crippen LogP contribution < -0.4 is 5.32 Å². The lowest BCUT2D eigenvalue weighted by molar-refractivity contribution is -0.142. The second kappa shape index (κ2) is 7.19. The van der Waals surface area contributed by atoms with E-state index in [0.29, 0.717) is 27.7 Å². The molecule has 1 aromatic carbocycles. The van der Waals surface area contributed by atoms with Crippen LogP contribution >= 0.6 is 23.2 Å². The number of nitrogens with zero attached hydrogens (tertiary/aromatic N) is 1. The number of halogens is 2. The Morgan fingerprint density at radius 3 is 2.47 bits per heavy atom. The number of fused-ring (bicyclic) bond motifs is 3. The Morgan fingerprint density at radius 2 is 1.81 bits per heavy atom. The maximum absolute atomic E-state index is 14.0. The van der Waals surface area contributed by atoms with Crippen molar-refractivity contribution in [3.8, 4) is 0 Å². The average Bonchev–Trinajstić information content (AvgIpc) is 3.18. The molecule has 2 aromatic rings. The van der Waals surface area contributed by atoms with Gasteiger partial charge in [-0.1, -0.05) is 43.1 Å². The number of aliphatic carboxylic acids is 1. The fourth-order valence-corrected chi connectivity index (χ4v) is 7.14. The first-order valence-corrected chi connectivity index (χ1v) is 11.8. The first kappa shape index (κ1) is 21.7. The molecule has 0 bridgehead atoms. The van der Waals surface area contributed by atoms with Gasteiger partial charge in [-0.05, 0) is 72.3 Å². The minimum absolute atomic E-state index is 0.136. The van der Waals surface area contributed by atoms with Gasteiger partial charge in [0.25, 0.3) is 0 Å². The lowest BCUT2D eigenvalue weighted by Gasteiger charge is -2.50. The van der Waals surface area contributed by atoms with Crippen LogP contribution in [-0.4, -0.2) is 22.0 Å². The number of anilines is 1. The molecule has 168 valence electrons. The number of hydrogen-bond acceptors (Lipinski definition) is 3. The van der Waals surface area contributed by atoms with Crippen LogP contribution in [-0.2, 0) is 15.0 Å². The monoisotopic (exact) mass is 472 g/mol. The third-order valence-electron chi connectivity index (χ3n) is 8.29. The minimum atomic E-state index is -1.02. The Balaban J connectivity index is 1.81. The van der Waals surface area contributed by atoms with Gasteiger partial charge in [0, 0.05) is 29.0 Å². The Hall–Kier alpha value is -2.11. The van der Waals surface area contributed by atoms with Crippen LogP contribution in [0.25, 0.3) is 0 Å². The van der Waals surface area contributed by atoms with E-state index in [9.17, 15) is 14.7 Å². The summed E-state index contributed by atoms with van der Waals surface area (Å²) in [6.45, 7) is 4.49. The maximum Gasteiger partial charge on any atom is 0.307 e. The van der Waals surface area contributed by atoms with Gasteiger partial charge in [-0.25, -0.2) is 0 Å². The van der Waals surface area contributed by atoms with Gasteiger partial charge in [-0.15, -0.1) is 0 Å². The molecule has 32 heavy (non-hydrogen) atoms. The molecule has 1 aliphatic heterocycles. The summed E-state index contributed by atoms with van der Waals surface area (Å²) in [5.41, 5.74) is 0.905. The third kappa shape index (κ3) is 2.94. The first-order chi connectivity index (χ1) is 15.1. The zero-order chi connectivity index (χ0) is 22.9. The predicted molar refractivity (Wildman–Crippen MR) is 124 cm³/mol. The number of carbonyl (C=O) groups excluding carboxylic acids is 1. The van der Waals surface area contributed by atoms with Gasteiger partial charge in [0.05, 0.1) is 16.4 Å². The molecule has 2 heterocycles. The van der Waals surface area contributed by atoms with Crippen molar-refractivity contribution >= 4 is 40.8 Å². The number of carboxylic acids is 1. The second-order valence-electron chi connectivity index (χ2n) is 10.5. The van der Waals surface area contributed by atoms with Crippen molar-refractivity contribution in [2.24, 2.45) is 16.7 Å². The van der Waals surface area contributed by atoms with Crippen molar-refractivity contribution in [1.29, 1.82) is 0 Å². The number of rotatable bonds is 2. The molecule has 2 spiro atoms. The standard InChI is InChI=1S/C25H26Cl2N2O3/c1-23(2)5-7-24(8-6-23)11-17(21(30)31)20(14-9-16(27)13-28-12-14)25(24)18-4-3-15(26)10-19(18)29-22(25)32/h3-4,9-10,12-13,17,20H,5-8,11H2,1-2H3,(H,29,32)(H,30,31)/t17-,20+,25-/m1/s1. The van der Waals surface area contributed by atoms with Crippen molar-refractivity contribution in [3.05, 3.63) is 57.8 Å². The Morgan fingerprint density at radius 1 is 1.09 bits per heavy atom. The smallest absolute Gasteiger partial charge is 0.307 e. The molecule has 5 nitrogen and oxygen atoms in total. The van der Waals surface area contributed by atoms with Crippen LogP contribution in [0.5, 0.6) is 0 Å². The van der Waals surface area contributed by atoms with E-state index in [-0.39, 0.29) is 11.3 Å². The number of aromatic nitrogens is 1. The number of hydrogen-bond donors (Lipinski definition) is 2. The van der Waals surface area contributed by atoms with Crippen molar-refractivity contribution in [2.45, 2.75) is 57.3 Å². The van der Waals surface area contributed by atoms with Crippen LogP contribution in [0, 0.1) is 16.7 Å². The fourth-order valence-electron chi connectivity index (χ4n) is 6.79. The summed E-state index contributed by atoms with van der Waals surface area (Å²) in [7, 11) is 0. The van der Waals surface area contributed by atoms with E-state index < -0.39 is 28.6 Å². The van der Waals surface area contributed by atoms with Gasteiger partial charge >= 0.3 is 5.97 Å². The summed E-state index contributed by atoms with van der Waals surface area (Å²) in [6, 6.07) is 7.24. The quantitative estimate of drug-likeness (QED) is 0.556. The molecule has 5 rings (SSSR count). The van der Waals surface area contributed by atoms with Crippen molar-refractivity contribution in [3.63, 3.8) is 0 Å². The number of pyridine rings is 1. The van der Waals surface area contributed by atoms with E-state index in [4.69, 9.17) is 23.2 Å². The number of nitrogens with one attached hydrogen (secondary N) is 1. The molecule has 2 fully saturated rings. The number of carboxylic acid groups (broad SMARTS) is 1. The number of amides is 1. The summed E-state index contributed by atoms with van der Waals surface area (Å²) >= 11 is 12.6. The van der Waals surface area contributed by atoms with Crippen LogP contribution in [0.1, 0.15) is 63.0 Å². The normalized spacial score (nSPS) is 29.8. The van der Waals surface area contributed by atoms with Crippen LogP contribution in [0.3, 0.4) is 0 Å². The van der Waals surface area contributed by atoms with Gasteiger partial charge in [-0.2, -0.15) is 0 Å². The first-order valence-electron chi connectivity index (χ1n) is 11.0. The van der Waals surface area contributed by atoms with Crippen molar-refractivity contribution < 1.29 is 14.7 Å². The van der Waals surface area contributed by atoms with Crippen LogP contribution in [0.4, 0.5) is 5.69 Å². The Labute approximate surface area is 197 Å². The zero-order valence-corrected chi connectivity index (χ0v) is 19.6. The molecule has 0 radical (unpaired) electrons. The van der Waals surface area contributed by atoms with Gasteiger partial charge in [0.15, 0.2) is 0 Å². The molecule has 1 aromatic heterocycles. The number of benzene rings is 1. The molecule has 3 aliphatic rings. The average molecular weight is 473 g/mol. The number of carbonyl (C=O) groups is 2. The molecule has 3 atom stereocenters. The highest BCUT2D eigenvalue weighted by molar-refractivity contribution is 6.31. The molecular weight excluding hydrogens is 447 g/mol.